The summed E-state index contributed by atoms with van der Waals surface area (Å²) in [7, 11) is 1.65. The molecular formula is C12H12BrNOS. The molecule has 1 heterocycles. The molecule has 2 rings (SSSR count). The van der Waals surface area contributed by atoms with Crippen molar-refractivity contribution in [2.24, 2.45) is 5.73 Å². The normalized spacial score (nSPS) is 12.4. The molecule has 2 nitrogen and oxygen atoms in total. The molecule has 2 N–H and O–H groups in total. The van der Waals surface area contributed by atoms with Crippen LogP contribution in [-0.2, 0) is 0 Å². The fraction of sp³-hybridized carbons (Fsp3) is 0.167. The number of thiophene rings is 1. The highest BCUT2D eigenvalue weighted by molar-refractivity contribution is 9.10. The summed E-state index contributed by atoms with van der Waals surface area (Å²) < 4.78 is 6.13. The second-order valence-corrected chi connectivity index (χ2v) is 5.21. The van der Waals surface area contributed by atoms with Crippen molar-refractivity contribution in [1.29, 1.82) is 0 Å². The van der Waals surface area contributed by atoms with E-state index in [1.807, 2.05) is 35.7 Å². The lowest BCUT2D eigenvalue weighted by Gasteiger charge is -2.13. The summed E-state index contributed by atoms with van der Waals surface area (Å²) in [6, 6.07) is 9.83. The van der Waals surface area contributed by atoms with Crippen molar-refractivity contribution in [2.45, 2.75) is 6.04 Å². The second kappa shape index (κ2) is 4.99. The Labute approximate surface area is 107 Å². The molecule has 0 aliphatic rings. The van der Waals surface area contributed by atoms with E-state index >= 15 is 0 Å². The Balaban J connectivity index is 2.34. The number of halogens is 1. The molecule has 1 aromatic carbocycles. The van der Waals surface area contributed by atoms with Crippen LogP contribution < -0.4 is 10.5 Å². The van der Waals surface area contributed by atoms with E-state index in [0.29, 0.717) is 0 Å². The van der Waals surface area contributed by atoms with Gasteiger partial charge in [0.25, 0.3) is 0 Å². The molecule has 4 heteroatoms. The summed E-state index contributed by atoms with van der Waals surface area (Å²) in [5, 5.41) is 2.03. The quantitative estimate of drug-likeness (QED) is 0.940. The highest BCUT2D eigenvalue weighted by atomic mass is 79.9. The largest absolute Gasteiger partial charge is 0.497 e. The van der Waals surface area contributed by atoms with Gasteiger partial charge in [0.15, 0.2) is 0 Å². The molecule has 0 saturated heterocycles. The van der Waals surface area contributed by atoms with Gasteiger partial charge in [-0.05, 0) is 29.1 Å². The average molecular weight is 298 g/mol. The zero-order valence-electron chi connectivity index (χ0n) is 8.81. The van der Waals surface area contributed by atoms with Gasteiger partial charge in [0, 0.05) is 9.35 Å². The summed E-state index contributed by atoms with van der Waals surface area (Å²) in [4.78, 5) is 1.16. The SMILES string of the molecule is COc1ccc(C(N)c2cccs2)c(Br)c1. The Hall–Kier alpha value is -0.840. The molecule has 16 heavy (non-hydrogen) atoms. The summed E-state index contributed by atoms with van der Waals surface area (Å²) in [5.74, 6) is 0.828. The van der Waals surface area contributed by atoms with Crippen molar-refractivity contribution in [2.75, 3.05) is 7.11 Å². The monoisotopic (exact) mass is 297 g/mol. The maximum absolute atomic E-state index is 6.19. The number of rotatable bonds is 3. The van der Waals surface area contributed by atoms with Gasteiger partial charge in [-0.1, -0.05) is 28.1 Å². The molecule has 0 bridgehead atoms. The average Bonchev–Trinajstić information content (AvgIpc) is 2.81. The van der Waals surface area contributed by atoms with Crippen molar-refractivity contribution < 1.29 is 4.74 Å². The third kappa shape index (κ3) is 2.29. The molecule has 0 aliphatic heterocycles. The molecule has 0 amide bonds. The number of ether oxygens (including phenoxy) is 1. The van der Waals surface area contributed by atoms with E-state index in [4.69, 9.17) is 10.5 Å². The van der Waals surface area contributed by atoms with E-state index < -0.39 is 0 Å². The zero-order chi connectivity index (χ0) is 11.5. The smallest absolute Gasteiger partial charge is 0.120 e. The van der Waals surface area contributed by atoms with E-state index in [9.17, 15) is 0 Å². The summed E-state index contributed by atoms with van der Waals surface area (Å²) >= 11 is 5.19. The molecule has 84 valence electrons. The number of methoxy groups -OCH3 is 1. The summed E-state index contributed by atoms with van der Waals surface area (Å²) in [5.41, 5.74) is 7.27. The summed E-state index contributed by atoms with van der Waals surface area (Å²) in [6.45, 7) is 0. The predicted molar refractivity (Wildman–Crippen MR) is 71.0 cm³/mol. The molecule has 2 aromatic rings. The third-order valence-corrected chi connectivity index (χ3v) is 4.03. The maximum atomic E-state index is 6.19. The highest BCUT2D eigenvalue weighted by Crippen LogP contribution is 2.31. The maximum Gasteiger partial charge on any atom is 0.120 e. The number of hydrogen-bond acceptors (Lipinski definition) is 3. The minimum atomic E-state index is -0.0831. The lowest BCUT2D eigenvalue weighted by atomic mass is 10.1. The number of hydrogen-bond donors (Lipinski definition) is 1. The van der Waals surface area contributed by atoms with Gasteiger partial charge in [-0.15, -0.1) is 11.3 Å². The van der Waals surface area contributed by atoms with E-state index in [1.165, 1.54) is 0 Å². The topological polar surface area (TPSA) is 35.2 Å². The fourth-order valence-electron chi connectivity index (χ4n) is 1.51. The van der Waals surface area contributed by atoms with E-state index in [1.54, 1.807) is 18.4 Å². The van der Waals surface area contributed by atoms with Crippen LogP contribution in [0.3, 0.4) is 0 Å². The van der Waals surface area contributed by atoms with Crippen LogP contribution in [0.4, 0.5) is 0 Å². The molecular weight excluding hydrogens is 286 g/mol. The van der Waals surface area contributed by atoms with Crippen LogP contribution in [0.2, 0.25) is 0 Å². The highest BCUT2D eigenvalue weighted by Gasteiger charge is 2.13. The molecule has 0 spiro atoms. The minimum absolute atomic E-state index is 0.0831. The Morgan fingerprint density at radius 2 is 2.19 bits per heavy atom. The third-order valence-electron chi connectivity index (χ3n) is 2.39. The van der Waals surface area contributed by atoms with Crippen molar-refractivity contribution >= 4 is 27.3 Å². The first-order valence-corrected chi connectivity index (χ1v) is 6.52. The van der Waals surface area contributed by atoms with E-state index in [0.717, 1.165) is 20.7 Å². The van der Waals surface area contributed by atoms with Gasteiger partial charge in [-0.25, -0.2) is 0 Å². The molecule has 1 unspecified atom stereocenters. The number of nitrogens with two attached hydrogens (primary N) is 1. The first-order valence-electron chi connectivity index (χ1n) is 4.85. The van der Waals surface area contributed by atoms with Crippen molar-refractivity contribution in [1.82, 2.24) is 0 Å². The molecule has 1 aromatic heterocycles. The fourth-order valence-corrected chi connectivity index (χ4v) is 2.86. The van der Waals surface area contributed by atoms with Crippen LogP contribution in [0, 0.1) is 0 Å². The standard InChI is InChI=1S/C12H12BrNOS/c1-15-8-4-5-9(10(13)7-8)12(14)11-3-2-6-16-11/h2-7,12H,14H2,1H3. The predicted octanol–water partition coefficient (Wildman–Crippen LogP) is 3.57. The van der Waals surface area contributed by atoms with Gasteiger partial charge < -0.3 is 10.5 Å². The lowest BCUT2D eigenvalue weighted by molar-refractivity contribution is 0.414. The molecule has 1 atom stereocenters. The van der Waals surface area contributed by atoms with Crippen molar-refractivity contribution in [3.63, 3.8) is 0 Å². The first kappa shape index (κ1) is 11.6. The zero-order valence-corrected chi connectivity index (χ0v) is 11.2. The van der Waals surface area contributed by atoms with Gasteiger partial charge in [0.1, 0.15) is 5.75 Å². The number of benzene rings is 1. The van der Waals surface area contributed by atoms with Gasteiger partial charge in [-0.3, -0.25) is 0 Å². The van der Waals surface area contributed by atoms with Gasteiger partial charge >= 0.3 is 0 Å². The molecule has 0 fully saturated rings. The Kier molecular flexibility index (Phi) is 3.63. The van der Waals surface area contributed by atoms with E-state index in [2.05, 4.69) is 15.9 Å². The van der Waals surface area contributed by atoms with E-state index in [-0.39, 0.29) is 6.04 Å². The first-order chi connectivity index (χ1) is 7.72. The summed E-state index contributed by atoms with van der Waals surface area (Å²) in [6.07, 6.45) is 0. The minimum Gasteiger partial charge on any atom is -0.497 e. The van der Waals surface area contributed by atoms with Gasteiger partial charge in [-0.2, -0.15) is 0 Å². The van der Waals surface area contributed by atoms with Crippen molar-refractivity contribution in [3.05, 3.63) is 50.6 Å². The van der Waals surface area contributed by atoms with Crippen LogP contribution in [0.15, 0.2) is 40.2 Å². The van der Waals surface area contributed by atoms with Gasteiger partial charge in [0.05, 0.1) is 13.2 Å². The van der Waals surface area contributed by atoms with Crippen LogP contribution in [-0.4, -0.2) is 7.11 Å². The van der Waals surface area contributed by atoms with Crippen LogP contribution in [0.1, 0.15) is 16.5 Å². The van der Waals surface area contributed by atoms with Gasteiger partial charge in [0.2, 0.25) is 0 Å². The van der Waals surface area contributed by atoms with Crippen LogP contribution >= 0.6 is 27.3 Å². The van der Waals surface area contributed by atoms with Crippen LogP contribution in [0.25, 0.3) is 0 Å². The molecule has 0 aliphatic carbocycles. The molecule has 0 saturated carbocycles. The Morgan fingerprint density at radius 3 is 2.75 bits per heavy atom. The molecule has 0 radical (unpaired) electrons. The van der Waals surface area contributed by atoms with Crippen molar-refractivity contribution in [3.8, 4) is 5.75 Å². The van der Waals surface area contributed by atoms with Crippen LogP contribution in [0.5, 0.6) is 5.75 Å². The second-order valence-electron chi connectivity index (χ2n) is 3.38. The Morgan fingerprint density at radius 1 is 1.38 bits per heavy atom. The Bertz CT molecular complexity index is 470. The lowest BCUT2D eigenvalue weighted by Crippen LogP contribution is -2.10.